The van der Waals surface area contributed by atoms with Gasteiger partial charge in [0, 0.05) is 12.5 Å². The Morgan fingerprint density at radius 3 is 2.74 bits per heavy atom. The number of anilines is 1. The van der Waals surface area contributed by atoms with Crippen molar-refractivity contribution in [1.29, 1.82) is 0 Å². The molecule has 1 aromatic rings. The Morgan fingerprint density at radius 2 is 2.21 bits per heavy atom. The van der Waals surface area contributed by atoms with Gasteiger partial charge in [0.1, 0.15) is 5.56 Å². The number of pyridine rings is 1. The highest BCUT2D eigenvalue weighted by molar-refractivity contribution is 5.98. The van der Waals surface area contributed by atoms with Gasteiger partial charge in [0.15, 0.2) is 0 Å². The van der Waals surface area contributed by atoms with Crippen molar-refractivity contribution in [2.45, 2.75) is 6.92 Å². The smallest absolute Gasteiger partial charge is 0.254 e. The van der Waals surface area contributed by atoms with Gasteiger partial charge in [0.25, 0.3) is 5.91 Å². The molecule has 0 aliphatic carbocycles. The number of rotatable bonds is 6. The minimum Gasteiger partial charge on any atom is -0.480 e. The van der Waals surface area contributed by atoms with E-state index in [4.69, 9.17) is 10.5 Å². The Labute approximate surface area is 111 Å². The predicted octanol–water partition coefficient (Wildman–Crippen LogP) is -0.0169. The largest absolute Gasteiger partial charge is 0.480 e. The summed E-state index contributed by atoms with van der Waals surface area (Å²) in [6, 6.07) is 1.44. The highest BCUT2D eigenvalue weighted by Crippen LogP contribution is 2.19. The number of methoxy groups -OCH3 is 1. The number of ether oxygens (including phenoxy) is 1. The van der Waals surface area contributed by atoms with Crippen molar-refractivity contribution in [2.75, 3.05) is 26.0 Å². The average molecular weight is 266 g/mol. The van der Waals surface area contributed by atoms with Crippen molar-refractivity contribution in [3.8, 4) is 5.88 Å². The Kier molecular flexibility index (Phi) is 5.25. The van der Waals surface area contributed by atoms with E-state index in [1.165, 1.54) is 19.4 Å². The number of aromatic nitrogens is 1. The summed E-state index contributed by atoms with van der Waals surface area (Å²) in [5.74, 6) is -0.904. The molecule has 0 radical (unpaired) electrons. The number of amides is 2. The van der Waals surface area contributed by atoms with Crippen molar-refractivity contribution in [3.05, 3.63) is 17.8 Å². The average Bonchev–Trinajstić information content (AvgIpc) is 2.38. The third kappa shape index (κ3) is 3.92. The first kappa shape index (κ1) is 14.9. The molecule has 0 saturated heterocycles. The van der Waals surface area contributed by atoms with Gasteiger partial charge in [-0.15, -0.1) is 0 Å². The first-order valence-electron chi connectivity index (χ1n) is 5.78. The third-order valence-corrected chi connectivity index (χ3v) is 2.54. The monoisotopic (exact) mass is 266 g/mol. The maximum absolute atomic E-state index is 11.8. The van der Waals surface area contributed by atoms with Gasteiger partial charge in [0.05, 0.1) is 19.0 Å². The number of hydrogen-bond acceptors (Lipinski definition) is 5. The summed E-state index contributed by atoms with van der Waals surface area (Å²) in [4.78, 5) is 27.0. The van der Waals surface area contributed by atoms with E-state index < -0.39 is 5.91 Å². The van der Waals surface area contributed by atoms with Crippen LogP contribution in [0.15, 0.2) is 12.3 Å². The van der Waals surface area contributed by atoms with E-state index >= 15 is 0 Å². The molecule has 0 aliphatic rings. The lowest BCUT2D eigenvalue weighted by atomic mass is 10.1. The minimum absolute atomic E-state index is 0.126. The van der Waals surface area contributed by atoms with Crippen LogP contribution in [-0.4, -0.2) is 37.5 Å². The van der Waals surface area contributed by atoms with E-state index in [1.807, 2.05) is 0 Å². The number of carbonyl (C=O) groups excluding carboxylic acids is 2. The molecule has 7 nitrogen and oxygen atoms in total. The summed E-state index contributed by atoms with van der Waals surface area (Å²) in [6.07, 6.45) is 1.41. The Morgan fingerprint density at radius 1 is 1.53 bits per heavy atom. The molecular weight excluding hydrogens is 248 g/mol. The van der Waals surface area contributed by atoms with E-state index in [9.17, 15) is 9.59 Å². The third-order valence-electron chi connectivity index (χ3n) is 2.54. The number of nitrogens with one attached hydrogen (secondary N) is 2. The summed E-state index contributed by atoms with van der Waals surface area (Å²) < 4.78 is 4.92. The second-order valence-corrected chi connectivity index (χ2v) is 4.09. The highest BCUT2D eigenvalue weighted by Gasteiger charge is 2.15. The molecule has 4 N–H and O–H groups in total. The topological polar surface area (TPSA) is 106 Å². The quantitative estimate of drug-likeness (QED) is 0.671. The number of carbonyl (C=O) groups is 2. The molecule has 104 valence electrons. The molecule has 0 saturated carbocycles. The summed E-state index contributed by atoms with van der Waals surface area (Å²) in [5, 5.41) is 5.58. The summed E-state index contributed by atoms with van der Waals surface area (Å²) in [6.45, 7) is 2.34. The molecule has 2 amide bonds. The van der Waals surface area contributed by atoms with Crippen molar-refractivity contribution in [2.24, 2.45) is 11.7 Å². The van der Waals surface area contributed by atoms with E-state index in [0.717, 1.165) is 0 Å². The predicted molar refractivity (Wildman–Crippen MR) is 71.0 cm³/mol. The Balaban J connectivity index is 2.88. The molecule has 1 unspecified atom stereocenters. The van der Waals surface area contributed by atoms with Gasteiger partial charge in [-0.1, -0.05) is 6.92 Å². The van der Waals surface area contributed by atoms with Gasteiger partial charge in [0.2, 0.25) is 11.8 Å². The molecular formula is C12H18N4O3. The fourth-order valence-electron chi connectivity index (χ4n) is 1.52. The molecule has 7 heteroatoms. The molecule has 1 rings (SSSR count). The van der Waals surface area contributed by atoms with Crippen LogP contribution in [-0.2, 0) is 4.79 Å². The molecule has 0 aliphatic heterocycles. The molecule has 1 atom stereocenters. The second kappa shape index (κ2) is 6.69. The maximum Gasteiger partial charge on any atom is 0.254 e. The molecule has 1 aromatic heterocycles. The van der Waals surface area contributed by atoms with Gasteiger partial charge >= 0.3 is 0 Å². The zero-order valence-corrected chi connectivity index (χ0v) is 11.2. The lowest BCUT2D eigenvalue weighted by molar-refractivity contribution is -0.119. The van der Waals surface area contributed by atoms with Crippen molar-refractivity contribution < 1.29 is 14.3 Å². The van der Waals surface area contributed by atoms with Gasteiger partial charge in [-0.25, -0.2) is 4.98 Å². The van der Waals surface area contributed by atoms with Crippen molar-refractivity contribution in [3.63, 3.8) is 0 Å². The van der Waals surface area contributed by atoms with E-state index in [-0.39, 0.29) is 23.3 Å². The standard InChI is InChI=1S/C12H18N4O3/c1-7(5-14-2)11(18)16-8-4-9(10(13)17)12(19-3)15-6-8/h4,6-7,14H,5H2,1-3H3,(H2,13,17)(H,16,18). The fraction of sp³-hybridized carbons (Fsp3) is 0.417. The minimum atomic E-state index is -0.663. The van der Waals surface area contributed by atoms with Gasteiger partial charge < -0.3 is 21.1 Å². The maximum atomic E-state index is 11.8. The highest BCUT2D eigenvalue weighted by atomic mass is 16.5. The van der Waals surface area contributed by atoms with Crippen LogP contribution in [0.25, 0.3) is 0 Å². The van der Waals surface area contributed by atoms with Crippen LogP contribution in [0, 0.1) is 5.92 Å². The number of nitrogens with zero attached hydrogens (tertiary/aromatic N) is 1. The summed E-state index contributed by atoms with van der Waals surface area (Å²) in [7, 11) is 3.16. The summed E-state index contributed by atoms with van der Waals surface area (Å²) in [5.41, 5.74) is 5.75. The van der Waals surface area contributed by atoms with Crippen LogP contribution in [0.3, 0.4) is 0 Å². The SMILES string of the molecule is CNCC(C)C(=O)Nc1cnc(OC)c(C(N)=O)c1. The Bertz CT molecular complexity index is 476. The lowest BCUT2D eigenvalue weighted by Crippen LogP contribution is -2.28. The molecule has 0 aromatic carbocycles. The Hall–Kier alpha value is -2.15. The van der Waals surface area contributed by atoms with E-state index in [0.29, 0.717) is 12.2 Å². The van der Waals surface area contributed by atoms with E-state index in [1.54, 1.807) is 14.0 Å². The van der Waals surface area contributed by atoms with Crippen LogP contribution in [0.4, 0.5) is 5.69 Å². The number of primary amides is 1. The van der Waals surface area contributed by atoms with Crippen LogP contribution >= 0.6 is 0 Å². The van der Waals surface area contributed by atoms with Gasteiger partial charge in [-0.05, 0) is 13.1 Å². The zero-order chi connectivity index (χ0) is 14.4. The number of hydrogen-bond donors (Lipinski definition) is 3. The molecule has 1 heterocycles. The molecule has 0 spiro atoms. The van der Waals surface area contributed by atoms with Crippen LogP contribution in [0.5, 0.6) is 5.88 Å². The lowest BCUT2D eigenvalue weighted by Gasteiger charge is -2.12. The van der Waals surface area contributed by atoms with Crippen LogP contribution in [0.2, 0.25) is 0 Å². The summed E-state index contributed by atoms with van der Waals surface area (Å²) >= 11 is 0. The first-order chi connectivity index (χ1) is 8.99. The van der Waals surface area contributed by atoms with Crippen molar-refractivity contribution >= 4 is 17.5 Å². The molecule has 19 heavy (non-hydrogen) atoms. The normalized spacial score (nSPS) is 11.7. The molecule has 0 fully saturated rings. The zero-order valence-electron chi connectivity index (χ0n) is 11.2. The second-order valence-electron chi connectivity index (χ2n) is 4.09. The van der Waals surface area contributed by atoms with Crippen molar-refractivity contribution in [1.82, 2.24) is 10.3 Å². The van der Waals surface area contributed by atoms with Gasteiger partial charge in [-0.2, -0.15) is 0 Å². The van der Waals surface area contributed by atoms with Crippen LogP contribution < -0.4 is 21.1 Å². The van der Waals surface area contributed by atoms with Crippen LogP contribution in [0.1, 0.15) is 17.3 Å². The fourth-order valence-corrected chi connectivity index (χ4v) is 1.52. The van der Waals surface area contributed by atoms with E-state index in [2.05, 4.69) is 15.6 Å². The molecule has 0 bridgehead atoms. The first-order valence-corrected chi connectivity index (χ1v) is 5.78. The number of nitrogens with two attached hydrogens (primary N) is 1. The van der Waals surface area contributed by atoms with Gasteiger partial charge in [-0.3, -0.25) is 9.59 Å².